The van der Waals surface area contributed by atoms with E-state index >= 15 is 0 Å². The number of hydrogen-bond acceptors (Lipinski definition) is 4. The van der Waals surface area contributed by atoms with Crippen LogP contribution in [0.4, 0.5) is 0 Å². The zero-order chi connectivity index (χ0) is 10.8. The Morgan fingerprint density at radius 1 is 1.47 bits per heavy atom. The molecule has 0 saturated heterocycles. The molecule has 0 bridgehead atoms. The molecule has 74 valence electrons. The Labute approximate surface area is 103 Å². The summed E-state index contributed by atoms with van der Waals surface area (Å²) >= 11 is 10.7. The maximum Gasteiger partial charge on any atom is 0.171 e. The zero-order valence-electron chi connectivity index (χ0n) is 7.24. The average Bonchev–Trinajstić information content (AvgIpc) is 2.65. The molecular formula is C9H3BrClN3S. The van der Waals surface area contributed by atoms with E-state index in [0.717, 1.165) is 8.66 Å². The molecule has 6 heteroatoms. The van der Waals surface area contributed by atoms with Crippen molar-refractivity contribution in [1.82, 2.24) is 9.97 Å². The topological polar surface area (TPSA) is 49.6 Å². The van der Waals surface area contributed by atoms with Gasteiger partial charge in [-0.25, -0.2) is 9.97 Å². The van der Waals surface area contributed by atoms with Gasteiger partial charge in [-0.3, -0.25) is 0 Å². The fraction of sp³-hybridized carbons (Fsp3) is 0. The molecule has 0 aliphatic carbocycles. The van der Waals surface area contributed by atoms with E-state index in [0.29, 0.717) is 5.82 Å². The smallest absolute Gasteiger partial charge is 0.171 e. The standard InChI is InChI=1S/C9H3BrClN3S/c10-7-2-1-6(15-7)9-13-4-5(3-12)8(11)14-9/h1-2,4H. The van der Waals surface area contributed by atoms with Gasteiger partial charge in [0.05, 0.1) is 14.9 Å². The summed E-state index contributed by atoms with van der Waals surface area (Å²) in [6.45, 7) is 0. The Morgan fingerprint density at radius 3 is 2.80 bits per heavy atom. The van der Waals surface area contributed by atoms with E-state index in [1.807, 2.05) is 18.2 Å². The molecule has 0 spiro atoms. The highest BCUT2D eigenvalue weighted by molar-refractivity contribution is 9.11. The summed E-state index contributed by atoms with van der Waals surface area (Å²) in [5.41, 5.74) is 0.288. The van der Waals surface area contributed by atoms with Crippen LogP contribution in [-0.4, -0.2) is 9.97 Å². The molecule has 2 rings (SSSR count). The molecule has 0 atom stereocenters. The first-order valence-corrected chi connectivity index (χ1v) is 5.88. The lowest BCUT2D eigenvalue weighted by Gasteiger charge is -1.97. The molecule has 3 nitrogen and oxygen atoms in total. The van der Waals surface area contributed by atoms with E-state index in [2.05, 4.69) is 25.9 Å². The van der Waals surface area contributed by atoms with Crippen molar-refractivity contribution in [3.8, 4) is 16.8 Å². The normalized spacial score (nSPS) is 9.93. The molecule has 0 saturated carbocycles. The quantitative estimate of drug-likeness (QED) is 0.757. The van der Waals surface area contributed by atoms with Crippen molar-refractivity contribution in [1.29, 1.82) is 5.26 Å². The number of hydrogen-bond donors (Lipinski definition) is 0. The fourth-order valence-corrected chi connectivity index (χ4v) is 2.49. The van der Waals surface area contributed by atoms with Crippen LogP contribution < -0.4 is 0 Å². The van der Waals surface area contributed by atoms with E-state index in [1.165, 1.54) is 17.5 Å². The zero-order valence-corrected chi connectivity index (χ0v) is 10.4. The van der Waals surface area contributed by atoms with E-state index in [-0.39, 0.29) is 10.7 Å². The first-order chi connectivity index (χ1) is 7.20. The predicted molar refractivity (Wildman–Crippen MR) is 62.8 cm³/mol. The Bertz CT molecular complexity index is 547. The minimum absolute atomic E-state index is 0.187. The third-order valence-corrected chi connectivity index (χ3v) is 3.56. The lowest BCUT2D eigenvalue weighted by Crippen LogP contribution is -1.90. The van der Waals surface area contributed by atoms with Crippen molar-refractivity contribution >= 4 is 38.9 Å². The molecule has 0 fully saturated rings. The van der Waals surface area contributed by atoms with Crippen molar-refractivity contribution in [3.05, 3.63) is 32.8 Å². The Kier molecular flexibility index (Phi) is 3.00. The van der Waals surface area contributed by atoms with E-state index < -0.39 is 0 Å². The molecule has 15 heavy (non-hydrogen) atoms. The lowest BCUT2D eigenvalue weighted by molar-refractivity contribution is 1.17. The van der Waals surface area contributed by atoms with Crippen LogP contribution in [0.25, 0.3) is 10.7 Å². The van der Waals surface area contributed by atoms with Gasteiger partial charge in [-0.2, -0.15) is 5.26 Å². The molecule has 0 aliphatic heterocycles. The maximum atomic E-state index is 8.66. The summed E-state index contributed by atoms with van der Waals surface area (Å²) in [5.74, 6) is 0.537. The van der Waals surface area contributed by atoms with Crippen molar-refractivity contribution in [2.75, 3.05) is 0 Å². The first kappa shape index (κ1) is 10.6. The molecule has 0 N–H and O–H groups in total. The Balaban J connectivity index is 2.48. The van der Waals surface area contributed by atoms with Gasteiger partial charge >= 0.3 is 0 Å². The minimum atomic E-state index is 0.187. The van der Waals surface area contributed by atoms with E-state index in [9.17, 15) is 0 Å². The predicted octanol–water partition coefficient (Wildman–Crippen LogP) is 3.49. The van der Waals surface area contributed by atoms with Crippen molar-refractivity contribution < 1.29 is 0 Å². The third-order valence-electron chi connectivity index (χ3n) is 1.66. The number of halogens is 2. The van der Waals surface area contributed by atoms with Crippen molar-refractivity contribution in [2.24, 2.45) is 0 Å². The Morgan fingerprint density at radius 2 is 2.27 bits per heavy atom. The maximum absolute atomic E-state index is 8.66. The molecule has 0 aromatic carbocycles. The molecule has 0 amide bonds. The number of aromatic nitrogens is 2. The lowest BCUT2D eigenvalue weighted by atomic mass is 10.3. The number of nitriles is 1. The summed E-state index contributed by atoms with van der Waals surface area (Å²) in [7, 11) is 0. The van der Waals surface area contributed by atoms with Gasteiger partial charge in [0.1, 0.15) is 11.6 Å². The molecule has 0 radical (unpaired) electrons. The van der Waals surface area contributed by atoms with Crippen LogP contribution in [0.15, 0.2) is 22.1 Å². The highest BCUT2D eigenvalue weighted by atomic mass is 79.9. The average molecular weight is 301 g/mol. The highest BCUT2D eigenvalue weighted by Crippen LogP contribution is 2.29. The fourth-order valence-electron chi connectivity index (χ4n) is 0.989. The number of nitrogens with zero attached hydrogens (tertiary/aromatic N) is 3. The van der Waals surface area contributed by atoms with Gasteiger partial charge in [-0.1, -0.05) is 11.6 Å². The highest BCUT2D eigenvalue weighted by Gasteiger charge is 2.08. The molecule has 0 aliphatic rings. The van der Waals surface area contributed by atoms with Gasteiger partial charge in [0.15, 0.2) is 11.0 Å². The molecule has 2 aromatic heterocycles. The monoisotopic (exact) mass is 299 g/mol. The summed E-state index contributed by atoms with van der Waals surface area (Å²) in [4.78, 5) is 9.02. The molecule has 0 unspecified atom stereocenters. The summed E-state index contributed by atoms with van der Waals surface area (Å²) < 4.78 is 1.00. The Hall–Kier alpha value is -0.960. The van der Waals surface area contributed by atoms with Crippen molar-refractivity contribution in [2.45, 2.75) is 0 Å². The molecule has 2 heterocycles. The van der Waals surface area contributed by atoms with E-state index in [4.69, 9.17) is 16.9 Å². The van der Waals surface area contributed by atoms with Gasteiger partial charge in [0, 0.05) is 0 Å². The second kappa shape index (κ2) is 4.27. The molecular weight excluding hydrogens is 298 g/mol. The van der Waals surface area contributed by atoms with Crippen molar-refractivity contribution in [3.63, 3.8) is 0 Å². The van der Waals surface area contributed by atoms with Gasteiger partial charge in [-0.15, -0.1) is 11.3 Å². The minimum Gasteiger partial charge on any atom is -0.234 e. The number of rotatable bonds is 1. The van der Waals surface area contributed by atoms with Crippen LogP contribution in [0.5, 0.6) is 0 Å². The van der Waals surface area contributed by atoms with Crippen LogP contribution >= 0.6 is 38.9 Å². The summed E-state index contributed by atoms with van der Waals surface area (Å²) in [5, 5.41) is 8.85. The summed E-state index contributed by atoms with van der Waals surface area (Å²) in [6, 6.07) is 5.72. The summed E-state index contributed by atoms with van der Waals surface area (Å²) in [6.07, 6.45) is 1.43. The first-order valence-electron chi connectivity index (χ1n) is 3.89. The largest absolute Gasteiger partial charge is 0.234 e. The van der Waals surface area contributed by atoms with Crippen LogP contribution in [0.3, 0.4) is 0 Å². The SMILES string of the molecule is N#Cc1cnc(-c2ccc(Br)s2)nc1Cl. The number of thiophene rings is 1. The van der Waals surface area contributed by atoms with Crippen LogP contribution in [0.2, 0.25) is 5.15 Å². The van der Waals surface area contributed by atoms with Gasteiger partial charge in [0.25, 0.3) is 0 Å². The van der Waals surface area contributed by atoms with Crippen LogP contribution in [-0.2, 0) is 0 Å². The second-order valence-electron chi connectivity index (χ2n) is 2.61. The molecule has 2 aromatic rings. The van der Waals surface area contributed by atoms with E-state index in [1.54, 1.807) is 0 Å². The van der Waals surface area contributed by atoms with Gasteiger partial charge in [-0.05, 0) is 28.1 Å². The van der Waals surface area contributed by atoms with Crippen LogP contribution in [0, 0.1) is 11.3 Å². The second-order valence-corrected chi connectivity index (χ2v) is 5.43. The van der Waals surface area contributed by atoms with Gasteiger partial charge < -0.3 is 0 Å². The van der Waals surface area contributed by atoms with Crippen LogP contribution in [0.1, 0.15) is 5.56 Å². The third kappa shape index (κ3) is 2.17. The van der Waals surface area contributed by atoms with Gasteiger partial charge in [0.2, 0.25) is 0 Å².